The van der Waals surface area contributed by atoms with E-state index in [0.717, 1.165) is 83.5 Å². The van der Waals surface area contributed by atoms with Gasteiger partial charge in [-0.3, -0.25) is 9.89 Å². The Morgan fingerprint density at radius 1 is 0.906 bits per heavy atom. The van der Waals surface area contributed by atoms with Gasteiger partial charge in [-0.1, -0.05) is 0 Å². The van der Waals surface area contributed by atoms with E-state index in [-0.39, 0.29) is 29.8 Å². The van der Waals surface area contributed by atoms with Crippen LogP contribution in [0.25, 0.3) is 0 Å². The largest absolute Gasteiger partial charge is 0.370 e. The Morgan fingerprint density at radius 3 is 2.19 bits per heavy atom. The number of hydrogen-bond donors (Lipinski definition) is 1. The summed E-state index contributed by atoms with van der Waals surface area (Å²) in [5, 5.41) is 0. The second-order valence-electron chi connectivity index (χ2n) is 7.92. The van der Waals surface area contributed by atoms with E-state index in [1.807, 2.05) is 18.2 Å². The zero-order chi connectivity index (χ0) is 21.5. The highest BCUT2D eigenvalue weighted by molar-refractivity contribution is 14.0. The molecule has 174 valence electrons. The molecule has 2 aromatic rings. The Bertz CT molecular complexity index is 835. The molecule has 10 heteroatoms. The van der Waals surface area contributed by atoms with Crippen LogP contribution < -0.4 is 15.5 Å². The fourth-order valence-corrected chi connectivity index (χ4v) is 4.06. The van der Waals surface area contributed by atoms with E-state index in [1.54, 1.807) is 12.4 Å². The molecule has 8 nitrogen and oxygen atoms in total. The van der Waals surface area contributed by atoms with Gasteiger partial charge in [-0.15, -0.1) is 24.0 Å². The van der Waals surface area contributed by atoms with Crippen molar-refractivity contribution in [1.82, 2.24) is 19.8 Å². The first kappa shape index (κ1) is 24.4. The van der Waals surface area contributed by atoms with Crippen LogP contribution in [0.3, 0.4) is 0 Å². The van der Waals surface area contributed by atoms with Gasteiger partial charge in [0.05, 0.1) is 0 Å². The highest BCUT2D eigenvalue weighted by atomic mass is 127. The van der Waals surface area contributed by atoms with Crippen LogP contribution in [0.15, 0.2) is 47.7 Å². The average Bonchev–Trinajstić information content (AvgIpc) is 2.83. The van der Waals surface area contributed by atoms with Crippen molar-refractivity contribution >= 4 is 41.6 Å². The van der Waals surface area contributed by atoms with Gasteiger partial charge in [-0.25, -0.2) is 14.4 Å². The monoisotopic (exact) mass is 554 g/mol. The number of anilines is 2. The molecule has 0 aliphatic carbocycles. The maximum Gasteiger partial charge on any atom is 0.225 e. The van der Waals surface area contributed by atoms with Gasteiger partial charge in [-0.05, 0) is 36.8 Å². The number of benzene rings is 1. The molecule has 2 saturated heterocycles. The van der Waals surface area contributed by atoms with E-state index in [1.165, 1.54) is 12.1 Å². The molecule has 0 spiro atoms. The van der Waals surface area contributed by atoms with Gasteiger partial charge in [0.1, 0.15) is 5.82 Å². The third-order valence-electron chi connectivity index (χ3n) is 5.91. The summed E-state index contributed by atoms with van der Waals surface area (Å²) in [5.74, 6) is 1.25. The van der Waals surface area contributed by atoms with Gasteiger partial charge in [0, 0.05) is 83.5 Å². The van der Waals surface area contributed by atoms with E-state index in [4.69, 9.17) is 5.73 Å². The van der Waals surface area contributed by atoms with Gasteiger partial charge in [0.25, 0.3) is 0 Å². The molecule has 4 rings (SSSR count). The number of guanidine groups is 1. The number of nitrogens with two attached hydrogens (primary N) is 1. The van der Waals surface area contributed by atoms with Gasteiger partial charge >= 0.3 is 0 Å². The second kappa shape index (κ2) is 12.1. The standard InChI is InChI=1S/C22H31FN8.HI/c23-19-3-5-20(6-4-19)29-15-17-30(18-16-29)21(24)25-9-2-10-28-11-13-31(14-12-28)22-26-7-1-8-27-22;/h1,3-8H,2,9-18H2,(H2,24,25);1H. The molecule has 0 unspecified atom stereocenters. The number of nitrogens with zero attached hydrogens (tertiary/aromatic N) is 7. The predicted molar refractivity (Wildman–Crippen MR) is 137 cm³/mol. The lowest BCUT2D eigenvalue weighted by Gasteiger charge is -2.36. The summed E-state index contributed by atoms with van der Waals surface area (Å²) in [5.41, 5.74) is 7.28. The third-order valence-corrected chi connectivity index (χ3v) is 5.91. The number of rotatable bonds is 6. The smallest absolute Gasteiger partial charge is 0.225 e. The molecule has 1 aromatic carbocycles. The van der Waals surface area contributed by atoms with Crippen molar-refractivity contribution in [2.75, 3.05) is 75.2 Å². The second-order valence-corrected chi connectivity index (χ2v) is 7.92. The summed E-state index contributed by atoms with van der Waals surface area (Å²) >= 11 is 0. The van der Waals surface area contributed by atoms with E-state index >= 15 is 0 Å². The summed E-state index contributed by atoms with van der Waals surface area (Å²) in [4.78, 5) is 22.4. The Hall–Kier alpha value is -2.21. The zero-order valence-electron chi connectivity index (χ0n) is 18.3. The van der Waals surface area contributed by atoms with Crippen LogP contribution in [-0.2, 0) is 0 Å². The van der Waals surface area contributed by atoms with Crippen LogP contribution in [0.5, 0.6) is 0 Å². The lowest BCUT2D eigenvalue weighted by Crippen LogP contribution is -2.51. The number of piperazine rings is 2. The Labute approximate surface area is 206 Å². The van der Waals surface area contributed by atoms with E-state index < -0.39 is 0 Å². The fourth-order valence-electron chi connectivity index (χ4n) is 4.06. The molecule has 2 aliphatic rings. The molecule has 0 bridgehead atoms. The highest BCUT2D eigenvalue weighted by Crippen LogP contribution is 2.17. The summed E-state index contributed by atoms with van der Waals surface area (Å²) in [6.45, 7) is 9.08. The minimum atomic E-state index is -0.203. The van der Waals surface area contributed by atoms with Crippen LogP contribution >= 0.6 is 24.0 Å². The Kier molecular flexibility index (Phi) is 9.27. The fraction of sp³-hybridized carbons (Fsp3) is 0.500. The summed E-state index contributed by atoms with van der Waals surface area (Å²) in [7, 11) is 0. The van der Waals surface area contributed by atoms with E-state index in [9.17, 15) is 4.39 Å². The van der Waals surface area contributed by atoms with Crippen LogP contribution in [0.1, 0.15) is 6.42 Å². The highest BCUT2D eigenvalue weighted by Gasteiger charge is 2.19. The molecular formula is C22H32FIN8. The minimum absolute atomic E-state index is 0. The zero-order valence-corrected chi connectivity index (χ0v) is 20.6. The lowest BCUT2D eigenvalue weighted by atomic mass is 10.2. The maximum atomic E-state index is 13.1. The molecule has 0 saturated carbocycles. The number of halogens is 2. The van der Waals surface area contributed by atoms with Gasteiger partial charge in [-0.2, -0.15) is 0 Å². The minimum Gasteiger partial charge on any atom is -0.370 e. The normalized spacial score (nSPS) is 17.9. The van der Waals surface area contributed by atoms with Crippen LogP contribution in [0.2, 0.25) is 0 Å². The van der Waals surface area contributed by atoms with Gasteiger partial charge in [0.15, 0.2) is 5.96 Å². The summed E-state index contributed by atoms with van der Waals surface area (Å²) in [6, 6.07) is 8.52. The van der Waals surface area contributed by atoms with Crippen LogP contribution in [0, 0.1) is 5.82 Å². The van der Waals surface area contributed by atoms with Crippen molar-refractivity contribution < 1.29 is 4.39 Å². The van der Waals surface area contributed by atoms with Crippen molar-refractivity contribution in [2.24, 2.45) is 10.7 Å². The molecule has 3 heterocycles. The quantitative estimate of drug-likeness (QED) is 0.253. The number of aromatic nitrogens is 2. The molecule has 0 amide bonds. The third kappa shape index (κ3) is 6.64. The first-order valence-electron chi connectivity index (χ1n) is 11.0. The van der Waals surface area contributed by atoms with Crippen LogP contribution in [-0.4, -0.2) is 91.2 Å². The van der Waals surface area contributed by atoms with Gasteiger partial charge in [0.2, 0.25) is 5.95 Å². The van der Waals surface area contributed by atoms with E-state index in [2.05, 4.69) is 34.6 Å². The molecule has 2 N–H and O–H groups in total. The maximum absolute atomic E-state index is 13.1. The first-order valence-corrected chi connectivity index (χ1v) is 11.0. The Balaban J connectivity index is 0.00000289. The summed E-state index contributed by atoms with van der Waals surface area (Å²) < 4.78 is 13.1. The van der Waals surface area contributed by atoms with Crippen molar-refractivity contribution in [3.63, 3.8) is 0 Å². The molecular weight excluding hydrogens is 522 g/mol. The van der Waals surface area contributed by atoms with Crippen molar-refractivity contribution in [3.05, 3.63) is 48.5 Å². The average molecular weight is 554 g/mol. The molecule has 0 radical (unpaired) electrons. The topological polar surface area (TPSA) is 77.1 Å². The van der Waals surface area contributed by atoms with Crippen molar-refractivity contribution in [1.29, 1.82) is 0 Å². The lowest BCUT2D eigenvalue weighted by molar-refractivity contribution is 0.255. The predicted octanol–water partition coefficient (Wildman–Crippen LogP) is 1.88. The molecule has 2 aliphatic heterocycles. The number of hydrogen-bond acceptors (Lipinski definition) is 6. The molecule has 1 aromatic heterocycles. The number of aliphatic imine (C=N–C) groups is 1. The van der Waals surface area contributed by atoms with E-state index in [0.29, 0.717) is 5.96 Å². The first-order chi connectivity index (χ1) is 15.2. The van der Waals surface area contributed by atoms with Crippen LogP contribution in [0.4, 0.5) is 16.0 Å². The molecule has 0 atom stereocenters. The summed E-state index contributed by atoms with van der Waals surface area (Å²) in [6.07, 6.45) is 4.58. The molecule has 2 fully saturated rings. The SMILES string of the molecule is I.NC(=NCCCN1CCN(c2ncccn2)CC1)N1CCN(c2ccc(F)cc2)CC1. The van der Waals surface area contributed by atoms with Crippen molar-refractivity contribution in [3.8, 4) is 0 Å². The van der Waals surface area contributed by atoms with Crippen molar-refractivity contribution in [2.45, 2.75) is 6.42 Å². The van der Waals surface area contributed by atoms with Gasteiger partial charge < -0.3 is 20.4 Å². The molecule has 32 heavy (non-hydrogen) atoms. The Morgan fingerprint density at radius 2 is 1.53 bits per heavy atom.